The number of hydrogen-bond acceptors (Lipinski definition) is 7. The zero-order valence-corrected chi connectivity index (χ0v) is 16.2. The molecule has 0 aliphatic rings. The summed E-state index contributed by atoms with van der Waals surface area (Å²) in [6, 6.07) is 7.35. The molecule has 0 unspecified atom stereocenters. The highest BCUT2D eigenvalue weighted by Crippen LogP contribution is 2.17. The van der Waals surface area contributed by atoms with Crippen LogP contribution in [0.4, 0.5) is 5.95 Å². The van der Waals surface area contributed by atoms with Crippen LogP contribution in [0, 0.1) is 0 Å². The van der Waals surface area contributed by atoms with Crippen molar-refractivity contribution in [3.63, 3.8) is 0 Å². The van der Waals surface area contributed by atoms with Gasteiger partial charge in [-0.2, -0.15) is 14.8 Å². The number of sulfonamides is 1. The maximum atomic E-state index is 12.7. The second kappa shape index (κ2) is 8.13. The van der Waals surface area contributed by atoms with Gasteiger partial charge >= 0.3 is 0 Å². The van der Waals surface area contributed by atoms with Crippen molar-refractivity contribution in [3.8, 4) is 5.95 Å². The van der Waals surface area contributed by atoms with Crippen LogP contribution in [-0.4, -0.2) is 57.0 Å². The topological polar surface area (TPSA) is 123 Å². The van der Waals surface area contributed by atoms with Gasteiger partial charge in [0, 0.05) is 31.0 Å². The number of carbonyl (C=O) groups excluding carboxylic acids is 1. The van der Waals surface area contributed by atoms with Crippen LogP contribution in [0.5, 0.6) is 0 Å². The third-order valence-electron chi connectivity index (χ3n) is 3.98. The van der Waals surface area contributed by atoms with Crippen molar-refractivity contribution in [2.45, 2.75) is 18.7 Å². The maximum absolute atomic E-state index is 12.7. The molecule has 3 rings (SSSR count). The first kappa shape index (κ1) is 19.4. The Morgan fingerprint density at radius 1 is 1.07 bits per heavy atom. The highest BCUT2D eigenvalue weighted by molar-refractivity contribution is 7.92. The SMILES string of the molecule is CCN(CC)C(=O)c1ccc(S(=O)(=O)Nc2ncnn2-c2ncccn2)cc1. The zero-order valence-electron chi connectivity index (χ0n) is 15.3. The molecule has 3 aromatic rings. The van der Waals surface area contributed by atoms with Crippen molar-refractivity contribution < 1.29 is 13.2 Å². The molecule has 0 fully saturated rings. The van der Waals surface area contributed by atoms with Crippen LogP contribution in [0.3, 0.4) is 0 Å². The standard InChI is InChI=1S/C17H19N7O3S/c1-3-23(4-2)15(25)13-6-8-14(9-7-13)28(26,27)22-17-20-12-21-24(17)16-18-10-5-11-19-16/h5-12H,3-4H2,1-2H3,(H,20,21,22). The lowest BCUT2D eigenvalue weighted by Crippen LogP contribution is -2.30. The average molecular weight is 401 g/mol. The molecule has 2 heterocycles. The minimum atomic E-state index is -3.94. The molecule has 1 N–H and O–H groups in total. The Balaban J connectivity index is 1.83. The summed E-state index contributed by atoms with van der Waals surface area (Å²) in [6.07, 6.45) is 4.21. The van der Waals surface area contributed by atoms with Crippen molar-refractivity contribution in [1.82, 2.24) is 29.6 Å². The van der Waals surface area contributed by atoms with Crippen LogP contribution in [-0.2, 0) is 10.0 Å². The highest BCUT2D eigenvalue weighted by atomic mass is 32.2. The van der Waals surface area contributed by atoms with Crippen molar-refractivity contribution in [3.05, 3.63) is 54.6 Å². The summed E-state index contributed by atoms with van der Waals surface area (Å²) in [4.78, 5) is 26.0. The second-order valence-electron chi connectivity index (χ2n) is 5.65. The summed E-state index contributed by atoms with van der Waals surface area (Å²) >= 11 is 0. The monoisotopic (exact) mass is 401 g/mol. The van der Waals surface area contributed by atoms with Gasteiger partial charge in [-0.1, -0.05) is 0 Å². The van der Waals surface area contributed by atoms with Gasteiger partial charge in [-0.15, -0.1) is 0 Å². The van der Waals surface area contributed by atoms with Gasteiger partial charge in [0.2, 0.25) is 5.95 Å². The maximum Gasteiger partial charge on any atom is 0.264 e. The minimum absolute atomic E-state index is 0.00729. The Bertz CT molecular complexity index is 1050. The van der Waals surface area contributed by atoms with Gasteiger partial charge < -0.3 is 4.90 Å². The second-order valence-corrected chi connectivity index (χ2v) is 7.33. The summed E-state index contributed by atoms with van der Waals surface area (Å²) in [6.45, 7) is 4.93. The molecule has 0 saturated carbocycles. The lowest BCUT2D eigenvalue weighted by molar-refractivity contribution is 0.0773. The molecule has 0 atom stereocenters. The predicted molar refractivity (Wildman–Crippen MR) is 101 cm³/mol. The van der Waals surface area contributed by atoms with E-state index in [2.05, 4.69) is 24.8 Å². The Morgan fingerprint density at radius 2 is 1.71 bits per heavy atom. The smallest absolute Gasteiger partial charge is 0.264 e. The Labute approximate surface area is 162 Å². The fourth-order valence-corrected chi connectivity index (χ4v) is 3.50. The van der Waals surface area contributed by atoms with Crippen LogP contribution in [0.1, 0.15) is 24.2 Å². The lowest BCUT2D eigenvalue weighted by atomic mass is 10.2. The van der Waals surface area contributed by atoms with Crippen LogP contribution in [0.15, 0.2) is 53.9 Å². The van der Waals surface area contributed by atoms with E-state index >= 15 is 0 Å². The number of aromatic nitrogens is 5. The fourth-order valence-electron chi connectivity index (χ4n) is 2.51. The van der Waals surface area contributed by atoms with Crippen molar-refractivity contribution >= 4 is 21.9 Å². The number of amides is 1. The molecule has 0 bridgehead atoms. The molecule has 1 amide bonds. The van der Waals surface area contributed by atoms with Gasteiger partial charge in [0.25, 0.3) is 21.9 Å². The molecule has 146 valence electrons. The summed E-state index contributed by atoms with van der Waals surface area (Å²) in [5.41, 5.74) is 0.420. The lowest BCUT2D eigenvalue weighted by Gasteiger charge is -2.18. The first-order chi connectivity index (χ1) is 13.5. The first-order valence-corrected chi connectivity index (χ1v) is 10.0. The molecular weight excluding hydrogens is 382 g/mol. The van der Waals surface area contributed by atoms with Crippen molar-refractivity contribution in [2.75, 3.05) is 17.8 Å². The van der Waals surface area contributed by atoms with Gasteiger partial charge in [-0.3, -0.25) is 4.79 Å². The Kier molecular flexibility index (Phi) is 5.64. The minimum Gasteiger partial charge on any atom is -0.339 e. The van der Waals surface area contributed by atoms with Crippen molar-refractivity contribution in [2.24, 2.45) is 0 Å². The van der Waals surface area contributed by atoms with E-state index in [1.807, 2.05) is 13.8 Å². The van der Waals surface area contributed by atoms with Crippen LogP contribution in [0.2, 0.25) is 0 Å². The van der Waals surface area contributed by atoms with E-state index in [0.29, 0.717) is 18.7 Å². The first-order valence-electron chi connectivity index (χ1n) is 8.55. The van der Waals surface area contributed by atoms with Gasteiger partial charge in [0.1, 0.15) is 6.33 Å². The van der Waals surface area contributed by atoms with E-state index in [0.717, 1.165) is 0 Å². The van der Waals surface area contributed by atoms with E-state index in [4.69, 9.17) is 0 Å². The number of nitrogens with zero attached hydrogens (tertiary/aromatic N) is 6. The third kappa shape index (κ3) is 3.98. The Hall–Kier alpha value is -3.34. The van der Waals surface area contributed by atoms with E-state index in [1.54, 1.807) is 11.0 Å². The van der Waals surface area contributed by atoms with E-state index in [-0.39, 0.29) is 22.7 Å². The molecular formula is C17H19N7O3S. The molecule has 0 radical (unpaired) electrons. The number of rotatable bonds is 7. The molecule has 0 aliphatic heterocycles. The Morgan fingerprint density at radius 3 is 2.32 bits per heavy atom. The van der Waals surface area contributed by atoms with Gasteiger partial charge in [0.05, 0.1) is 4.90 Å². The molecule has 0 aliphatic carbocycles. The number of carbonyl (C=O) groups is 1. The van der Waals surface area contributed by atoms with Crippen molar-refractivity contribution in [1.29, 1.82) is 0 Å². The number of anilines is 1. The van der Waals surface area contributed by atoms with Crippen LogP contribution in [0.25, 0.3) is 5.95 Å². The third-order valence-corrected chi connectivity index (χ3v) is 5.32. The summed E-state index contributed by atoms with van der Waals surface area (Å²) in [5, 5.41) is 3.94. The molecule has 10 nitrogen and oxygen atoms in total. The van der Waals surface area contributed by atoms with Crippen LogP contribution < -0.4 is 4.72 Å². The average Bonchev–Trinajstić information content (AvgIpc) is 3.17. The van der Waals surface area contributed by atoms with Gasteiger partial charge in [-0.25, -0.2) is 23.1 Å². The largest absolute Gasteiger partial charge is 0.339 e. The molecule has 2 aromatic heterocycles. The molecule has 28 heavy (non-hydrogen) atoms. The summed E-state index contributed by atoms with van der Waals surface area (Å²) in [5.74, 6) is -0.0183. The van der Waals surface area contributed by atoms with E-state index < -0.39 is 10.0 Å². The highest BCUT2D eigenvalue weighted by Gasteiger charge is 2.20. The molecule has 1 aromatic carbocycles. The number of benzene rings is 1. The quantitative estimate of drug-likeness (QED) is 0.634. The molecule has 0 spiro atoms. The van der Waals surface area contributed by atoms with E-state index in [1.165, 1.54) is 47.7 Å². The predicted octanol–water partition coefficient (Wildman–Crippen LogP) is 1.34. The fraction of sp³-hybridized carbons (Fsp3) is 0.235. The summed E-state index contributed by atoms with van der Waals surface area (Å²) in [7, 11) is -3.94. The van der Waals surface area contributed by atoms with Crippen LogP contribution >= 0.6 is 0 Å². The zero-order chi connectivity index (χ0) is 20.1. The van der Waals surface area contributed by atoms with Gasteiger partial charge in [-0.05, 0) is 44.2 Å². The molecule has 11 heteroatoms. The normalized spacial score (nSPS) is 11.2. The van der Waals surface area contributed by atoms with E-state index in [9.17, 15) is 13.2 Å². The van der Waals surface area contributed by atoms with Gasteiger partial charge in [0.15, 0.2) is 0 Å². The number of hydrogen-bond donors (Lipinski definition) is 1. The summed E-state index contributed by atoms with van der Waals surface area (Å²) < 4.78 is 28.9. The molecule has 0 saturated heterocycles. The number of nitrogens with one attached hydrogen (secondary N) is 1.